The van der Waals surface area contributed by atoms with Gasteiger partial charge >= 0.3 is 5.97 Å². The molecule has 1 unspecified atom stereocenters. The van der Waals surface area contributed by atoms with Crippen LogP contribution >= 0.6 is 11.3 Å². The van der Waals surface area contributed by atoms with Crippen molar-refractivity contribution in [1.29, 1.82) is 0 Å². The standard InChI is InChI=1S/C29H25N3O6S/c1-5-13-31-19-10-8-7-9-18(19)29(27(31)36)21-22(33)17-14-15(3)11-12-20(17)38-23(21)25(34)32(29)28-30-16(4)24(39-28)26(35)37-6-2/h7-12,14H,5-6,13H2,1-4H3. The maximum Gasteiger partial charge on any atom is 0.350 e. The van der Waals surface area contributed by atoms with Gasteiger partial charge in [0.15, 0.2) is 16.1 Å². The summed E-state index contributed by atoms with van der Waals surface area (Å²) < 4.78 is 11.3. The van der Waals surface area contributed by atoms with E-state index in [0.717, 1.165) is 16.9 Å². The summed E-state index contributed by atoms with van der Waals surface area (Å²) in [4.78, 5) is 63.3. The van der Waals surface area contributed by atoms with Gasteiger partial charge in [0.25, 0.3) is 11.8 Å². The Morgan fingerprint density at radius 3 is 2.62 bits per heavy atom. The lowest BCUT2D eigenvalue weighted by Crippen LogP contribution is -2.53. The Morgan fingerprint density at radius 2 is 1.87 bits per heavy atom. The van der Waals surface area contributed by atoms with Crippen molar-refractivity contribution in [3.05, 3.63) is 85.7 Å². The van der Waals surface area contributed by atoms with E-state index in [2.05, 4.69) is 4.98 Å². The van der Waals surface area contributed by atoms with Crippen LogP contribution in [0.2, 0.25) is 0 Å². The summed E-state index contributed by atoms with van der Waals surface area (Å²) in [6, 6.07) is 12.3. The lowest BCUT2D eigenvalue weighted by molar-refractivity contribution is -0.121. The van der Waals surface area contributed by atoms with E-state index in [1.165, 1.54) is 4.90 Å². The normalized spacial score (nSPS) is 17.8. The zero-order chi connectivity index (χ0) is 27.6. The summed E-state index contributed by atoms with van der Waals surface area (Å²) in [6.07, 6.45) is 0.659. The van der Waals surface area contributed by atoms with Gasteiger partial charge < -0.3 is 14.1 Å². The molecule has 0 aliphatic carbocycles. The maximum absolute atomic E-state index is 14.6. The van der Waals surface area contributed by atoms with E-state index in [1.54, 1.807) is 49.1 Å². The number of para-hydroxylation sites is 1. The summed E-state index contributed by atoms with van der Waals surface area (Å²) in [6.45, 7) is 7.70. The van der Waals surface area contributed by atoms with Crippen LogP contribution < -0.4 is 15.2 Å². The minimum absolute atomic E-state index is 0.0350. The number of benzene rings is 2. The number of carbonyl (C=O) groups excluding carboxylic acids is 3. The molecule has 10 heteroatoms. The maximum atomic E-state index is 14.6. The van der Waals surface area contributed by atoms with Gasteiger partial charge in [0.2, 0.25) is 5.76 Å². The van der Waals surface area contributed by atoms with Crippen molar-refractivity contribution >= 4 is 50.9 Å². The van der Waals surface area contributed by atoms with Crippen LogP contribution in [-0.4, -0.2) is 35.9 Å². The van der Waals surface area contributed by atoms with Crippen molar-refractivity contribution in [2.24, 2.45) is 0 Å². The highest BCUT2D eigenvalue weighted by Crippen LogP contribution is 2.54. The summed E-state index contributed by atoms with van der Waals surface area (Å²) in [5.74, 6) is -1.89. The fraction of sp³-hybridized carbons (Fsp3) is 0.276. The third kappa shape index (κ3) is 3.27. The van der Waals surface area contributed by atoms with Gasteiger partial charge in [0.1, 0.15) is 10.5 Å². The zero-order valence-electron chi connectivity index (χ0n) is 21.9. The number of fused-ring (bicyclic) bond motifs is 5. The van der Waals surface area contributed by atoms with Crippen LogP contribution in [0.4, 0.5) is 10.8 Å². The van der Waals surface area contributed by atoms with E-state index in [-0.39, 0.29) is 38.9 Å². The molecule has 1 spiro atoms. The molecule has 0 N–H and O–H groups in total. The molecular weight excluding hydrogens is 518 g/mol. The predicted molar refractivity (Wildman–Crippen MR) is 147 cm³/mol. The second kappa shape index (κ2) is 8.88. The molecule has 0 saturated carbocycles. The van der Waals surface area contributed by atoms with Crippen LogP contribution in [0.15, 0.2) is 51.7 Å². The lowest BCUT2D eigenvalue weighted by atomic mass is 9.84. The number of aromatic nitrogens is 1. The van der Waals surface area contributed by atoms with Crippen molar-refractivity contribution in [2.45, 2.75) is 39.7 Å². The Bertz CT molecular complexity index is 1770. The number of hydrogen-bond acceptors (Lipinski definition) is 8. The molecule has 2 aliphatic heterocycles. The quantitative estimate of drug-likeness (QED) is 0.336. The molecular formula is C29H25N3O6S. The number of rotatable bonds is 5. The number of hydrogen-bond donors (Lipinski definition) is 0. The average Bonchev–Trinajstić information content (AvgIpc) is 3.50. The molecule has 4 aromatic rings. The third-order valence-corrected chi connectivity index (χ3v) is 8.29. The van der Waals surface area contributed by atoms with Crippen LogP contribution in [0.5, 0.6) is 0 Å². The van der Waals surface area contributed by atoms with Gasteiger partial charge in [0.05, 0.1) is 28.9 Å². The van der Waals surface area contributed by atoms with Gasteiger partial charge in [-0.25, -0.2) is 9.78 Å². The molecule has 4 heterocycles. The number of ether oxygens (including phenoxy) is 1. The first-order valence-corrected chi connectivity index (χ1v) is 13.6. The Hall–Kier alpha value is -4.31. The first kappa shape index (κ1) is 25.0. The topological polar surface area (TPSA) is 110 Å². The lowest BCUT2D eigenvalue weighted by Gasteiger charge is -2.32. The highest BCUT2D eigenvalue weighted by atomic mass is 32.1. The van der Waals surface area contributed by atoms with Crippen LogP contribution in [0.25, 0.3) is 11.0 Å². The summed E-state index contributed by atoms with van der Waals surface area (Å²) >= 11 is 0.949. The molecule has 2 aliphatic rings. The van der Waals surface area contributed by atoms with Crippen LogP contribution in [0.1, 0.15) is 62.9 Å². The van der Waals surface area contributed by atoms with Gasteiger partial charge in [-0.05, 0) is 45.4 Å². The summed E-state index contributed by atoms with van der Waals surface area (Å²) in [5.41, 5.74) is 0.215. The number of aryl methyl sites for hydroxylation is 2. The zero-order valence-corrected chi connectivity index (χ0v) is 22.7. The van der Waals surface area contributed by atoms with Gasteiger partial charge in [0, 0.05) is 12.1 Å². The van der Waals surface area contributed by atoms with Gasteiger partial charge in [-0.15, -0.1) is 0 Å². The number of anilines is 2. The Balaban J connectivity index is 1.72. The van der Waals surface area contributed by atoms with E-state index in [1.807, 2.05) is 26.0 Å². The van der Waals surface area contributed by atoms with E-state index in [0.29, 0.717) is 29.9 Å². The first-order valence-electron chi connectivity index (χ1n) is 12.7. The summed E-state index contributed by atoms with van der Waals surface area (Å²) in [5, 5.41) is 0.387. The molecule has 1 atom stereocenters. The van der Waals surface area contributed by atoms with Crippen LogP contribution in [-0.2, 0) is 15.1 Å². The molecule has 9 nitrogen and oxygen atoms in total. The van der Waals surface area contributed by atoms with Gasteiger partial charge in [-0.2, -0.15) is 0 Å². The summed E-state index contributed by atoms with van der Waals surface area (Å²) in [7, 11) is 0. The predicted octanol–water partition coefficient (Wildman–Crippen LogP) is 4.70. The highest BCUT2D eigenvalue weighted by molar-refractivity contribution is 7.17. The van der Waals surface area contributed by atoms with Crippen LogP contribution in [0, 0.1) is 13.8 Å². The second-order valence-electron chi connectivity index (χ2n) is 9.59. The van der Waals surface area contributed by atoms with Crippen molar-refractivity contribution in [2.75, 3.05) is 23.0 Å². The van der Waals surface area contributed by atoms with Crippen molar-refractivity contribution in [1.82, 2.24) is 4.98 Å². The Morgan fingerprint density at radius 1 is 1.10 bits per heavy atom. The first-order chi connectivity index (χ1) is 18.7. The minimum atomic E-state index is -1.84. The fourth-order valence-electron chi connectivity index (χ4n) is 5.59. The SMILES string of the molecule is CCCN1C(=O)C2(c3ccccc31)c1c(oc3ccc(C)cc3c1=O)C(=O)N2c1nc(C)c(C(=O)OCC)s1. The molecule has 6 rings (SSSR count). The van der Waals surface area contributed by atoms with E-state index in [4.69, 9.17) is 9.15 Å². The second-order valence-corrected chi connectivity index (χ2v) is 10.6. The molecule has 0 bridgehead atoms. The molecule has 2 aromatic heterocycles. The molecule has 2 amide bonds. The Kier molecular flexibility index (Phi) is 5.69. The molecule has 0 radical (unpaired) electrons. The average molecular weight is 544 g/mol. The molecule has 0 fully saturated rings. The molecule has 198 valence electrons. The van der Waals surface area contributed by atoms with Crippen molar-refractivity contribution in [3.63, 3.8) is 0 Å². The number of thiazole rings is 1. The molecule has 2 aromatic carbocycles. The largest absolute Gasteiger partial charge is 0.462 e. The number of amides is 2. The number of esters is 1. The number of nitrogens with zero attached hydrogens (tertiary/aromatic N) is 3. The van der Waals surface area contributed by atoms with E-state index >= 15 is 0 Å². The van der Waals surface area contributed by atoms with E-state index < -0.39 is 28.8 Å². The smallest absolute Gasteiger partial charge is 0.350 e. The third-order valence-electron chi connectivity index (χ3n) is 7.16. The molecule has 0 saturated heterocycles. The Labute approximate surface area is 227 Å². The van der Waals surface area contributed by atoms with Gasteiger partial charge in [-0.1, -0.05) is 48.1 Å². The fourth-order valence-corrected chi connectivity index (χ4v) is 6.60. The van der Waals surface area contributed by atoms with E-state index in [9.17, 15) is 19.2 Å². The minimum Gasteiger partial charge on any atom is -0.462 e. The molecule has 39 heavy (non-hydrogen) atoms. The number of carbonyl (C=O) groups is 3. The van der Waals surface area contributed by atoms with Crippen LogP contribution in [0.3, 0.4) is 0 Å². The van der Waals surface area contributed by atoms with Crippen molar-refractivity contribution < 1.29 is 23.5 Å². The highest BCUT2D eigenvalue weighted by Gasteiger charge is 2.66. The van der Waals surface area contributed by atoms with Gasteiger partial charge in [-0.3, -0.25) is 19.3 Å². The monoisotopic (exact) mass is 543 g/mol. The van der Waals surface area contributed by atoms with Crippen molar-refractivity contribution in [3.8, 4) is 0 Å².